The molecule has 1 aromatic rings. The number of esters is 1. The zero-order valence-electron chi connectivity index (χ0n) is 16.5. The zero-order chi connectivity index (χ0) is 21.2. The highest BCUT2D eigenvalue weighted by molar-refractivity contribution is 8.01. The van der Waals surface area contributed by atoms with Crippen molar-refractivity contribution in [1.82, 2.24) is 4.90 Å². The van der Waals surface area contributed by atoms with Crippen molar-refractivity contribution in [2.24, 2.45) is 5.92 Å². The maximum absolute atomic E-state index is 12.7. The molecule has 2 rings (SSSR count). The molecule has 1 heterocycles. The first-order chi connectivity index (χ1) is 14.0. The molecule has 0 saturated carbocycles. The normalized spacial score (nSPS) is 19.5. The molecule has 0 spiro atoms. The molecule has 0 radical (unpaired) electrons. The monoisotopic (exact) mass is 417 g/mol. The topological polar surface area (TPSA) is 103 Å². The Labute approximate surface area is 175 Å². The number of carbonyl (C=O) groups excluding carboxylic acids is 2. The lowest BCUT2D eigenvalue weighted by atomic mass is 10.1. The summed E-state index contributed by atoms with van der Waals surface area (Å²) in [5, 5.41) is 21.4. The lowest BCUT2D eigenvalue weighted by Gasteiger charge is -2.23. The number of ether oxygens (including phenoxy) is 1. The Bertz CT molecular complexity index is 765. The summed E-state index contributed by atoms with van der Waals surface area (Å²) in [7, 11) is 0. The van der Waals surface area contributed by atoms with Crippen molar-refractivity contribution in [1.29, 1.82) is 5.26 Å². The second-order valence-corrected chi connectivity index (χ2v) is 8.00. The number of aliphatic hydroxyl groups is 1. The van der Waals surface area contributed by atoms with Gasteiger partial charge in [-0.2, -0.15) is 5.26 Å². The maximum atomic E-state index is 12.7. The lowest BCUT2D eigenvalue weighted by molar-refractivity contribution is -0.146. The molecule has 1 amide bonds. The number of rotatable bonds is 11. The summed E-state index contributed by atoms with van der Waals surface area (Å²) in [5.74, 6) is -1.46. The number of carbonyl (C=O) groups is 2. The van der Waals surface area contributed by atoms with E-state index in [0.717, 1.165) is 11.3 Å². The van der Waals surface area contributed by atoms with Gasteiger partial charge in [0.1, 0.15) is 12.5 Å². The van der Waals surface area contributed by atoms with Crippen LogP contribution in [-0.2, 0) is 20.9 Å². The van der Waals surface area contributed by atoms with Crippen molar-refractivity contribution in [3.05, 3.63) is 42.5 Å². The number of aliphatic hydroxyl groups excluding tert-OH is 1. The van der Waals surface area contributed by atoms with Crippen LogP contribution in [0.3, 0.4) is 0 Å². The first-order valence-electron chi connectivity index (χ1n) is 9.60. The zero-order valence-corrected chi connectivity index (χ0v) is 17.4. The molecule has 2 N–H and O–H groups in total. The number of anilines is 1. The van der Waals surface area contributed by atoms with Crippen LogP contribution in [-0.4, -0.2) is 52.2 Å². The number of hydrogen-bond donors (Lipinski definition) is 2. The van der Waals surface area contributed by atoms with E-state index in [1.54, 1.807) is 4.90 Å². The van der Waals surface area contributed by atoms with Crippen LogP contribution >= 0.6 is 11.8 Å². The minimum Gasteiger partial charge on any atom is -0.460 e. The van der Waals surface area contributed by atoms with Crippen LogP contribution in [0.15, 0.2) is 36.9 Å². The minimum atomic E-state index is -0.910. The van der Waals surface area contributed by atoms with Crippen molar-refractivity contribution < 1.29 is 19.4 Å². The predicted molar refractivity (Wildman–Crippen MR) is 113 cm³/mol. The van der Waals surface area contributed by atoms with E-state index in [1.165, 1.54) is 17.8 Å². The third-order valence-electron chi connectivity index (χ3n) is 4.63. The van der Waals surface area contributed by atoms with Gasteiger partial charge < -0.3 is 20.1 Å². The molecule has 156 valence electrons. The molecule has 3 atom stereocenters. The van der Waals surface area contributed by atoms with Crippen molar-refractivity contribution >= 4 is 29.3 Å². The van der Waals surface area contributed by atoms with Gasteiger partial charge in [-0.05, 0) is 31.0 Å². The lowest BCUT2D eigenvalue weighted by Crippen LogP contribution is -2.36. The maximum Gasteiger partial charge on any atom is 0.323 e. The summed E-state index contributed by atoms with van der Waals surface area (Å²) >= 11 is 1.50. The fourth-order valence-corrected chi connectivity index (χ4v) is 4.74. The molecule has 3 unspecified atom stereocenters. The van der Waals surface area contributed by atoms with E-state index in [0.29, 0.717) is 19.5 Å². The van der Waals surface area contributed by atoms with E-state index < -0.39 is 11.9 Å². The molecule has 1 aromatic carbocycles. The van der Waals surface area contributed by atoms with Crippen LogP contribution in [0.5, 0.6) is 0 Å². The number of nitriles is 1. The molecule has 0 aromatic heterocycles. The Morgan fingerprint density at radius 1 is 1.55 bits per heavy atom. The van der Waals surface area contributed by atoms with E-state index in [2.05, 4.69) is 11.9 Å². The van der Waals surface area contributed by atoms with Crippen LogP contribution in [0, 0.1) is 17.2 Å². The fraction of sp³-hybridized carbons (Fsp3) is 0.476. The summed E-state index contributed by atoms with van der Waals surface area (Å²) in [6.45, 7) is 6.56. The van der Waals surface area contributed by atoms with Gasteiger partial charge >= 0.3 is 5.97 Å². The van der Waals surface area contributed by atoms with Gasteiger partial charge in [0.05, 0.1) is 23.3 Å². The highest BCUT2D eigenvalue weighted by Gasteiger charge is 2.41. The van der Waals surface area contributed by atoms with Gasteiger partial charge in [0, 0.05) is 25.2 Å². The summed E-state index contributed by atoms with van der Waals surface area (Å²) in [6.07, 6.45) is 2.33. The largest absolute Gasteiger partial charge is 0.460 e. The van der Waals surface area contributed by atoms with E-state index in [9.17, 15) is 20.0 Å². The first kappa shape index (κ1) is 22.8. The Morgan fingerprint density at radius 3 is 3.00 bits per heavy atom. The Morgan fingerprint density at radius 2 is 2.34 bits per heavy atom. The first-order valence-corrected chi connectivity index (χ1v) is 10.5. The van der Waals surface area contributed by atoms with Crippen LogP contribution in [0.2, 0.25) is 0 Å². The van der Waals surface area contributed by atoms with E-state index in [1.807, 2.05) is 37.3 Å². The van der Waals surface area contributed by atoms with Crippen molar-refractivity contribution in [3.8, 4) is 6.07 Å². The van der Waals surface area contributed by atoms with Gasteiger partial charge in [-0.25, -0.2) is 0 Å². The molecule has 1 aliphatic heterocycles. The molecule has 1 saturated heterocycles. The van der Waals surface area contributed by atoms with Crippen LogP contribution in [0.25, 0.3) is 0 Å². The highest BCUT2D eigenvalue weighted by atomic mass is 32.2. The molecular formula is C21H27N3O4S. The Kier molecular flexibility index (Phi) is 9.03. The van der Waals surface area contributed by atoms with Gasteiger partial charge in [0.2, 0.25) is 5.91 Å². The number of hydrogen-bond acceptors (Lipinski definition) is 7. The standard InChI is InChI=1S/C21H27N3O4S/c1-3-10-28-21(27)16(13-22)12-19-24(4-2)20(26)18(29-19)8-9-23-17-7-5-6-15(11-17)14-25/h3,5-7,11,16,18-19,23,25H,1,4,8-10,12,14H2,2H3. The summed E-state index contributed by atoms with van der Waals surface area (Å²) in [6, 6.07) is 9.49. The predicted octanol–water partition coefficient (Wildman–Crippen LogP) is 2.53. The van der Waals surface area contributed by atoms with E-state index >= 15 is 0 Å². The van der Waals surface area contributed by atoms with Gasteiger partial charge in [0.15, 0.2) is 0 Å². The van der Waals surface area contributed by atoms with Crippen LogP contribution in [0.1, 0.15) is 25.3 Å². The van der Waals surface area contributed by atoms with Gasteiger partial charge in [0.25, 0.3) is 0 Å². The summed E-state index contributed by atoms with van der Waals surface area (Å²) < 4.78 is 4.99. The molecule has 0 aliphatic carbocycles. The average molecular weight is 418 g/mol. The quantitative estimate of drug-likeness (QED) is 0.421. The van der Waals surface area contributed by atoms with E-state index in [-0.39, 0.29) is 36.2 Å². The highest BCUT2D eigenvalue weighted by Crippen LogP contribution is 2.37. The smallest absolute Gasteiger partial charge is 0.323 e. The van der Waals surface area contributed by atoms with Crippen LogP contribution in [0.4, 0.5) is 5.69 Å². The minimum absolute atomic E-state index is 0.0189. The number of nitrogens with zero attached hydrogens (tertiary/aromatic N) is 2. The van der Waals surface area contributed by atoms with Crippen molar-refractivity contribution in [2.45, 2.75) is 37.0 Å². The molecule has 8 heteroatoms. The van der Waals surface area contributed by atoms with Gasteiger partial charge in [-0.15, -0.1) is 11.8 Å². The summed E-state index contributed by atoms with van der Waals surface area (Å²) in [4.78, 5) is 26.5. The number of nitrogens with one attached hydrogen (secondary N) is 1. The second kappa shape index (κ2) is 11.5. The fourth-order valence-electron chi connectivity index (χ4n) is 3.15. The van der Waals surface area contributed by atoms with Gasteiger partial charge in [-0.3, -0.25) is 9.59 Å². The average Bonchev–Trinajstić information content (AvgIpc) is 3.04. The number of amides is 1. The molecule has 1 aliphatic rings. The molecule has 7 nitrogen and oxygen atoms in total. The molecule has 0 bridgehead atoms. The molecule has 1 fully saturated rings. The number of benzene rings is 1. The Balaban J connectivity index is 1.92. The Hall–Kier alpha value is -2.50. The molecular weight excluding hydrogens is 390 g/mol. The SMILES string of the molecule is C=CCOC(=O)C(C#N)CC1SC(CCNc2cccc(CO)c2)C(=O)N1CC. The van der Waals surface area contributed by atoms with Crippen molar-refractivity contribution in [2.75, 3.05) is 25.0 Å². The van der Waals surface area contributed by atoms with Crippen molar-refractivity contribution in [3.63, 3.8) is 0 Å². The van der Waals surface area contributed by atoms with Gasteiger partial charge in [-0.1, -0.05) is 24.8 Å². The van der Waals surface area contributed by atoms with E-state index in [4.69, 9.17) is 4.74 Å². The number of thioether (sulfide) groups is 1. The molecule has 29 heavy (non-hydrogen) atoms. The van der Waals surface area contributed by atoms with Crippen LogP contribution < -0.4 is 5.32 Å². The second-order valence-electron chi connectivity index (χ2n) is 6.61. The third kappa shape index (κ3) is 6.24. The summed E-state index contributed by atoms with van der Waals surface area (Å²) in [5.41, 5.74) is 1.72. The third-order valence-corrected chi connectivity index (χ3v) is 6.16.